The first-order chi connectivity index (χ1) is 12.3. The number of fused-ring (bicyclic) bond motifs is 1. The van der Waals surface area contributed by atoms with Crippen molar-refractivity contribution in [2.75, 3.05) is 32.0 Å². The number of nitriles is 1. The van der Waals surface area contributed by atoms with Crippen LogP contribution in [0.1, 0.15) is 30.0 Å². The van der Waals surface area contributed by atoms with Crippen molar-refractivity contribution in [1.29, 1.82) is 5.26 Å². The van der Waals surface area contributed by atoms with Crippen LogP contribution in [0.5, 0.6) is 11.5 Å². The second kappa shape index (κ2) is 6.61. The minimum absolute atomic E-state index is 0.287. The molecule has 0 spiro atoms. The van der Waals surface area contributed by atoms with Gasteiger partial charge < -0.3 is 20.5 Å². The predicted molar refractivity (Wildman–Crippen MR) is 94.6 cm³/mol. The topological polar surface area (TPSA) is 93.2 Å². The van der Waals surface area contributed by atoms with Crippen LogP contribution in [0.4, 0.5) is 5.82 Å². The van der Waals surface area contributed by atoms with Gasteiger partial charge in [-0.25, -0.2) is 4.98 Å². The van der Waals surface area contributed by atoms with Crippen molar-refractivity contribution in [1.82, 2.24) is 10.3 Å². The van der Waals surface area contributed by atoms with E-state index in [4.69, 9.17) is 15.2 Å². The molecule has 1 unspecified atom stereocenters. The summed E-state index contributed by atoms with van der Waals surface area (Å²) in [6, 6.07) is 9.92. The zero-order chi connectivity index (χ0) is 17.2. The Kier molecular flexibility index (Phi) is 4.16. The predicted octanol–water partition coefficient (Wildman–Crippen LogP) is 2.44. The van der Waals surface area contributed by atoms with Gasteiger partial charge in [-0.1, -0.05) is 6.07 Å². The highest BCUT2D eigenvalue weighted by Crippen LogP contribution is 2.37. The highest BCUT2D eigenvalue weighted by Gasteiger charge is 2.21. The summed E-state index contributed by atoms with van der Waals surface area (Å²) in [6.07, 6.45) is 2.19. The summed E-state index contributed by atoms with van der Waals surface area (Å²) in [7, 11) is 0. The standard InChI is InChI=1S/C19H20N4O2/c20-10-15-14(12-3-4-17-18(8-12)25-7-6-24-17)9-16(23-19(15)21)13-2-1-5-22-11-13/h3-4,8-9,13,22H,1-2,5-7,11H2,(H2,21,23). The Bertz CT molecular complexity index is 838. The Morgan fingerprint density at radius 2 is 2.04 bits per heavy atom. The second-order valence-corrected chi connectivity index (χ2v) is 6.37. The summed E-state index contributed by atoms with van der Waals surface area (Å²) >= 11 is 0. The molecule has 4 rings (SSSR count). The van der Waals surface area contributed by atoms with E-state index in [9.17, 15) is 5.26 Å². The van der Waals surface area contributed by atoms with Crippen molar-refractivity contribution in [2.45, 2.75) is 18.8 Å². The number of hydrogen-bond donors (Lipinski definition) is 2. The fourth-order valence-corrected chi connectivity index (χ4v) is 3.45. The molecular weight excluding hydrogens is 316 g/mol. The van der Waals surface area contributed by atoms with Gasteiger partial charge in [-0.05, 0) is 43.1 Å². The number of nitrogens with one attached hydrogen (secondary N) is 1. The molecule has 2 aromatic rings. The molecule has 1 atom stereocenters. The molecule has 0 bridgehead atoms. The van der Waals surface area contributed by atoms with Gasteiger partial charge in [0.25, 0.3) is 0 Å². The first kappa shape index (κ1) is 15.7. The van der Waals surface area contributed by atoms with Crippen LogP contribution < -0.4 is 20.5 Å². The maximum atomic E-state index is 9.56. The number of benzene rings is 1. The molecule has 3 N–H and O–H groups in total. The zero-order valence-electron chi connectivity index (χ0n) is 13.9. The number of nitrogens with zero attached hydrogens (tertiary/aromatic N) is 2. The SMILES string of the molecule is N#Cc1c(-c2ccc3c(c2)OCCO3)cc(C2CCCNC2)nc1N. The van der Waals surface area contributed by atoms with E-state index in [2.05, 4.69) is 16.4 Å². The molecule has 1 saturated heterocycles. The summed E-state index contributed by atoms with van der Waals surface area (Å²) in [5.74, 6) is 2.03. The van der Waals surface area contributed by atoms with Gasteiger partial charge in [0.05, 0.1) is 0 Å². The molecule has 2 aliphatic rings. The molecule has 0 amide bonds. The maximum absolute atomic E-state index is 9.56. The molecule has 6 nitrogen and oxygen atoms in total. The molecule has 1 aromatic heterocycles. The van der Waals surface area contributed by atoms with Gasteiger partial charge in [-0.15, -0.1) is 0 Å². The Balaban J connectivity index is 1.79. The van der Waals surface area contributed by atoms with Crippen molar-refractivity contribution in [3.8, 4) is 28.7 Å². The van der Waals surface area contributed by atoms with Crippen LogP contribution in [-0.2, 0) is 0 Å². The normalized spacial score (nSPS) is 19.2. The van der Waals surface area contributed by atoms with E-state index in [1.165, 1.54) is 0 Å². The number of anilines is 1. The van der Waals surface area contributed by atoms with E-state index in [0.29, 0.717) is 30.4 Å². The Labute approximate surface area is 146 Å². The first-order valence-corrected chi connectivity index (χ1v) is 8.57. The summed E-state index contributed by atoms with van der Waals surface area (Å²) in [6.45, 7) is 3.01. The third kappa shape index (κ3) is 2.99. The van der Waals surface area contributed by atoms with Crippen LogP contribution >= 0.6 is 0 Å². The highest BCUT2D eigenvalue weighted by atomic mass is 16.6. The van der Waals surface area contributed by atoms with Gasteiger partial charge in [-0.2, -0.15) is 5.26 Å². The van der Waals surface area contributed by atoms with Gasteiger partial charge in [0, 0.05) is 23.7 Å². The molecule has 3 heterocycles. The van der Waals surface area contributed by atoms with Crippen LogP contribution in [0, 0.1) is 11.3 Å². The quantitative estimate of drug-likeness (QED) is 0.875. The summed E-state index contributed by atoms with van der Waals surface area (Å²) in [4.78, 5) is 4.50. The third-order valence-corrected chi connectivity index (χ3v) is 4.75. The Morgan fingerprint density at radius 1 is 1.20 bits per heavy atom. The molecule has 6 heteroatoms. The molecule has 0 aliphatic carbocycles. The van der Waals surface area contributed by atoms with Crippen molar-refractivity contribution >= 4 is 5.82 Å². The zero-order valence-corrected chi connectivity index (χ0v) is 13.9. The van der Waals surface area contributed by atoms with Crippen molar-refractivity contribution in [3.05, 3.63) is 35.5 Å². The van der Waals surface area contributed by atoms with Crippen molar-refractivity contribution < 1.29 is 9.47 Å². The lowest BCUT2D eigenvalue weighted by atomic mass is 9.92. The minimum atomic E-state index is 0.287. The Hall–Kier alpha value is -2.78. The largest absolute Gasteiger partial charge is 0.486 e. The number of aromatic nitrogens is 1. The highest BCUT2D eigenvalue weighted by molar-refractivity contribution is 5.77. The van der Waals surface area contributed by atoms with Crippen LogP contribution in [0.2, 0.25) is 0 Å². The minimum Gasteiger partial charge on any atom is -0.486 e. The van der Waals surface area contributed by atoms with Crippen molar-refractivity contribution in [2.24, 2.45) is 0 Å². The van der Waals surface area contributed by atoms with Gasteiger partial charge in [0.1, 0.15) is 30.7 Å². The first-order valence-electron chi connectivity index (χ1n) is 8.57. The van der Waals surface area contributed by atoms with Crippen LogP contribution in [-0.4, -0.2) is 31.3 Å². The van der Waals surface area contributed by atoms with Gasteiger partial charge >= 0.3 is 0 Å². The number of piperidine rings is 1. The van der Waals surface area contributed by atoms with E-state index >= 15 is 0 Å². The number of ether oxygens (including phenoxy) is 2. The lowest BCUT2D eigenvalue weighted by Crippen LogP contribution is -2.29. The molecule has 1 fully saturated rings. The summed E-state index contributed by atoms with van der Waals surface area (Å²) in [5.41, 5.74) is 9.14. The second-order valence-electron chi connectivity index (χ2n) is 6.37. The summed E-state index contributed by atoms with van der Waals surface area (Å²) in [5, 5.41) is 13.0. The monoisotopic (exact) mass is 336 g/mol. The molecule has 2 aliphatic heterocycles. The van der Waals surface area contributed by atoms with Gasteiger partial charge in [0.2, 0.25) is 0 Å². The van der Waals surface area contributed by atoms with Gasteiger partial charge in [0.15, 0.2) is 11.5 Å². The molecule has 128 valence electrons. The van der Waals surface area contributed by atoms with E-state index in [0.717, 1.165) is 48.5 Å². The molecular formula is C19H20N4O2. The number of pyridine rings is 1. The van der Waals surface area contributed by atoms with E-state index in [1.54, 1.807) is 0 Å². The van der Waals surface area contributed by atoms with Crippen LogP contribution in [0.3, 0.4) is 0 Å². The summed E-state index contributed by atoms with van der Waals surface area (Å²) < 4.78 is 11.2. The van der Waals surface area contributed by atoms with Gasteiger partial charge in [-0.3, -0.25) is 0 Å². The average molecular weight is 336 g/mol. The lowest BCUT2D eigenvalue weighted by Gasteiger charge is -2.23. The van der Waals surface area contributed by atoms with Crippen LogP contribution in [0.25, 0.3) is 11.1 Å². The molecule has 0 radical (unpaired) electrons. The molecule has 1 aromatic carbocycles. The van der Waals surface area contributed by atoms with Crippen LogP contribution in [0.15, 0.2) is 24.3 Å². The average Bonchev–Trinajstić information content (AvgIpc) is 2.67. The van der Waals surface area contributed by atoms with E-state index < -0.39 is 0 Å². The fraction of sp³-hybridized carbons (Fsp3) is 0.368. The number of hydrogen-bond acceptors (Lipinski definition) is 6. The van der Waals surface area contributed by atoms with Crippen molar-refractivity contribution in [3.63, 3.8) is 0 Å². The van der Waals surface area contributed by atoms with E-state index in [1.807, 2.05) is 24.3 Å². The molecule has 0 saturated carbocycles. The smallest absolute Gasteiger partial charge is 0.161 e. The third-order valence-electron chi connectivity index (χ3n) is 4.75. The number of nitrogens with two attached hydrogens (primary N) is 1. The van der Waals surface area contributed by atoms with E-state index in [-0.39, 0.29) is 5.82 Å². The molecule has 25 heavy (non-hydrogen) atoms. The number of nitrogen functional groups attached to an aromatic ring is 1. The lowest BCUT2D eigenvalue weighted by molar-refractivity contribution is 0.171. The Morgan fingerprint density at radius 3 is 2.80 bits per heavy atom. The fourth-order valence-electron chi connectivity index (χ4n) is 3.45. The maximum Gasteiger partial charge on any atom is 0.161 e. The number of rotatable bonds is 2.